The second-order valence-electron chi connectivity index (χ2n) is 5.39. The summed E-state index contributed by atoms with van der Waals surface area (Å²) in [7, 11) is 1.71. The quantitative estimate of drug-likeness (QED) is 0.815. The molecule has 2 nitrogen and oxygen atoms in total. The van der Waals surface area contributed by atoms with Crippen LogP contribution in [0.15, 0.2) is 24.3 Å². The molecule has 1 N–H and O–H groups in total. The van der Waals surface area contributed by atoms with Gasteiger partial charge in [-0.25, -0.2) is 0 Å². The van der Waals surface area contributed by atoms with Gasteiger partial charge in [0.1, 0.15) is 5.75 Å². The predicted octanol–water partition coefficient (Wildman–Crippen LogP) is 2.87. The zero-order valence-electron chi connectivity index (χ0n) is 11.1. The van der Waals surface area contributed by atoms with Crippen LogP contribution in [-0.4, -0.2) is 20.2 Å². The molecule has 94 valence electrons. The zero-order chi connectivity index (χ0) is 12.3. The van der Waals surface area contributed by atoms with Crippen LogP contribution in [0.1, 0.15) is 25.8 Å². The van der Waals surface area contributed by atoms with Crippen LogP contribution in [0.2, 0.25) is 0 Å². The van der Waals surface area contributed by atoms with Gasteiger partial charge in [0.2, 0.25) is 0 Å². The van der Waals surface area contributed by atoms with E-state index in [0.29, 0.717) is 5.41 Å². The normalized spacial score (nSPS) is 26.9. The number of nitrogens with one attached hydrogen (secondary N) is 1. The fraction of sp³-hybridized carbons (Fsp3) is 0.600. The van der Waals surface area contributed by atoms with Crippen LogP contribution in [0.4, 0.5) is 0 Å². The highest BCUT2D eigenvalue weighted by Crippen LogP contribution is 2.53. The van der Waals surface area contributed by atoms with Crippen molar-refractivity contribution in [1.29, 1.82) is 0 Å². The van der Waals surface area contributed by atoms with Gasteiger partial charge in [-0.05, 0) is 55.0 Å². The number of ether oxygens (including phenoxy) is 1. The lowest BCUT2D eigenvalue weighted by Crippen LogP contribution is -2.19. The van der Waals surface area contributed by atoms with Gasteiger partial charge in [0, 0.05) is 0 Å². The largest absolute Gasteiger partial charge is 0.497 e. The molecule has 0 heterocycles. The Labute approximate surface area is 104 Å². The Hall–Kier alpha value is -1.02. The molecule has 2 rings (SSSR count). The molecule has 1 saturated carbocycles. The summed E-state index contributed by atoms with van der Waals surface area (Å²) in [5.74, 6) is 1.79. The first kappa shape index (κ1) is 12.4. The molecule has 17 heavy (non-hydrogen) atoms. The van der Waals surface area contributed by atoms with Crippen molar-refractivity contribution < 1.29 is 4.74 Å². The molecular formula is C15H23NO. The molecule has 0 amide bonds. The first-order valence-electron chi connectivity index (χ1n) is 6.51. The van der Waals surface area contributed by atoms with Crippen LogP contribution in [0.3, 0.4) is 0 Å². The average Bonchev–Trinajstić information content (AvgIpc) is 2.98. The molecule has 0 saturated heterocycles. The molecule has 2 atom stereocenters. The summed E-state index contributed by atoms with van der Waals surface area (Å²) in [4.78, 5) is 0. The number of benzene rings is 1. The Kier molecular flexibility index (Phi) is 3.72. The van der Waals surface area contributed by atoms with Gasteiger partial charge >= 0.3 is 0 Å². The van der Waals surface area contributed by atoms with E-state index in [0.717, 1.165) is 18.2 Å². The monoisotopic (exact) mass is 233 g/mol. The molecule has 1 fully saturated rings. The van der Waals surface area contributed by atoms with E-state index in [-0.39, 0.29) is 0 Å². The van der Waals surface area contributed by atoms with Crippen molar-refractivity contribution in [3.05, 3.63) is 29.8 Å². The van der Waals surface area contributed by atoms with Crippen LogP contribution in [0.25, 0.3) is 0 Å². The van der Waals surface area contributed by atoms with Crippen molar-refractivity contribution in [3.8, 4) is 5.75 Å². The second kappa shape index (κ2) is 5.09. The summed E-state index contributed by atoms with van der Waals surface area (Å²) in [6, 6.07) is 8.49. The predicted molar refractivity (Wildman–Crippen MR) is 71.5 cm³/mol. The summed E-state index contributed by atoms with van der Waals surface area (Å²) in [5, 5.41) is 3.45. The van der Waals surface area contributed by atoms with Crippen molar-refractivity contribution in [3.63, 3.8) is 0 Å². The van der Waals surface area contributed by atoms with Crippen molar-refractivity contribution >= 4 is 0 Å². The minimum Gasteiger partial charge on any atom is -0.497 e. The molecule has 1 aromatic rings. The van der Waals surface area contributed by atoms with Gasteiger partial charge in [-0.1, -0.05) is 26.0 Å². The summed E-state index contributed by atoms with van der Waals surface area (Å²) in [5.41, 5.74) is 1.93. The zero-order valence-corrected chi connectivity index (χ0v) is 11.1. The second-order valence-corrected chi connectivity index (χ2v) is 5.39. The van der Waals surface area contributed by atoms with Gasteiger partial charge < -0.3 is 10.1 Å². The van der Waals surface area contributed by atoms with E-state index in [4.69, 9.17) is 4.74 Å². The van der Waals surface area contributed by atoms with Gasteiger partial charge in [0.05, 0.1) is 7.11 Å². The summed E-state index contributed by atoms with van der Waals surface area (Å²) in [6.07, 6.45) is 2.54. The lowest BCUT2D eigenvalue weighted by Gasteiger charge is -2.12. The third kappa shape index (κ3) is 3.01. The van der Waals surface area contributed by atoms with Gasteiger partial charge in [-0.3, -0.25) is 0 Å². The van der Waals surface area contributed by atoms with E-state index in [1.807, 2.05) is 0 Å². The lowest BCUT2D eigenvalue weighted by molar-refractivity contribution is 0.414. The van der Waals surface area contributed by atoms with E-state index < -0.39 is 0 Å². The Morgan fingerprint density at radius 1 is 1.35 bits per heavy atom. The van der Waals surface area contributed by atoms with E-state index in [2.05, 4.69) is 43.4 Å². The maximum Gasteiger partial charge on any atom is 0.118 e. The highest BCUT2D eigenvalue weighted by molar-refractivity contribution is 5.28. The van der Waals surface area contributed by atoms with E-state index in [9.17, 15) is 0 Å². The molecule has 1 aliphatic rings. The van der Waals surface area contributed by atoms with Crippen LogP contribution < -0.4 is 10.1 Å². The summed E-state index contributed by atoms with van der Waals surface area (Å²) >= 11 is 0. The Morgan fingerprint density at radius 2 is 2.06 bits per heavy atom. The fourth-order valence-corrected chi connectivity index (χ4v) is 2.57. The summed E-state index contributed by atoms with van der Waals surface area (Å²) < 4.78 is 5.18. The highest BCUT2D eigenvalue weighted by Gasteiger charge is 2.48. The topological polar surface area (TPSA) is 21.3 Å². The van der Waals surface area contributed by atoms with Gasteiger partial charge in [-0.15, -0.1) is 0 Å². The molecule has 1 aromatic carbocycles. The Balaban J connectivity index is 1.88. The SMILES string of the molecule is CCNCC1CC1(C)Cc1ccc(OC)cc1. The Bertz CT molecular complexity index is 360. The lowest BCUT2D eigenvalue weighted by atomic mass is 9.96. The van der Waals surface area contributed by atoms with E-state index in [1.165, 1.54) is 24.9 Å². The molecule has 0 aromatic heterocycles. The third-order valence-corrected chi connectivity index (χ3v) is 3.95. The van der Waals surface area contributed by atoms with Crippen LogP contribution in [0, 0.1) is 11.3 Å². The molecule has 0 spiro atoms. The minimum atomic E-state index is 0.511. The van der Waals surface area contributed by atoms with Crippen molar-refractivity contribution in [2.75, 3.05) is 20.2 Å². The number of hydrogen-bond donors (Lipinski definition) is 1. The molecule has 0 bridgehead atoms. The molecule has 2 unspecified atom stereocenters. The van der Waals surface area contributed by atoms with Crippen LogP contribution in [0.5, 0.6) is 5.75 Å². The number of methoxy groups -OCH3 is 1. The van der Waals surface area contributed by atoms with Crippen LogP contribution >= 0.6 is 0 Å². The molecule has 0 aliphatic heterocycles. The highest BCUT2D eigenvalue weighted by atomic mass is 16.5. The van der Waals surface area contributed by atoms with Crippen molar-refractivity contribution in [1.82, 2.24) is 5.32 Å². The van der Waals surface area contributed by atoms with Crippen molar-refractivity contribution in [2.24, 2.45) is 11.3 Å². The van der Waals surface area contributed by atoms with Gasteiger partial charge in [0.25, 0.3) is 0 Å². The molecule has 2 heteroatoms. The first-order valence-corrected chi connectivity index (χ1v) is 6.51. The Morgan fingerprint density at radius 3 is 2.65 bits per heavy atom. The first-order chi connectivity index (χ1) is 8.18. The van der Waals surface area contributed by atoms with E-state index >= 15 is 0 Å². The minimum absolute atomic E-state index is 0.511. The van der Waals surface area contributed by atoms with Gasteiger partial charge in [0.15, 0.2) is 0 Å². The van der Waals surface area contributed by atoms with Crippen LogP contribution in [-0.2, 0) is 6.42 Å². The maximum absolute atomic E-state index is 5.18. The smallest absolute Gasteiger partial charge is 0.118 e. The third-order valence-electron chi connectivity index (χ3n) is 3.95. The standard InChI is InChI=1S/C15H23NO/c1-4-16-11-13-10-15(13,2)9-12-5-7-14(17-3)8-6-12/h5-8,13,16H,4,9-11H2,1-3H3. The molecular weight excluding hydrogens is 210 g/mol. The fourth-order valence-electron chi connectivity index (χ4n) is 2.57. The molecule has 0 radical (unpaired) electrons. The number of rotatable bonds is 6. The average molecular weight is 233 g/mol. The van der Waals surface area contributed by atoms with Gasteiger partial charge in [-0.2, -0.15) is 0 Å². The summed E-state index contributed by atoms with van der Waals surface area (Å²) in [6.45, 7) is 6.82. The maximum atomic E-state index is 5.18. The molecule has 1 aliphatic carbocycles. The van der Waals surface area contributed by atoms with Crippen molar-refractivity contribution in [2.45, 2.75) is 26.7 Å². The van der Waals surface area contributed by atoms with E-state index in [1.54, 1.807) is 7.11 Å². The number of hydrogen-bond acceptors (Lipinski definition) is 2.